The van der Waals surface area contributed by atoms with Gasteiger partial charge in [-0.05, 0) is 30.9 Å². The van der Waals surface area contributed by atoms with Gasteiger partial charge >= 0.3 is 0 Å². The van der Waals surface area contributed by atoms with Crippen LogP contribution in [0, 0.1) is 17.2 Å². The van der Waals surface area contributed by atoms with Crippen molar-refractivity contribution in [2.45, 2.75) is 25.8 Å². The van der Waals surface area contributed by atoms with E-state index >= 15 is 0 Å². The zero-order valence-corrected chi connectivity index (χ0v) is 9.38. The Morgan fingerprint density at radius 3 is 2.80 bits per heavy atom. The van der Waals surface area contributed by atoms with Crippen molar-refractivity contribution in [3.8, 4) is 6.07 Å². The Bertz CT molecular complexity index is 403. The highest BCUT2D eigenvalue weighted by molar-refractivity contribution is 6.32. The lowest BCUT2D eigenvalue weighted by Crippen LogP contribution is -2.33. The van der Waals surface area contributed by atoms with Crippen molar-refractivity contribution >= 4 is 17.3 Å². The van der Waals surface area contributed by atoms with Crippen molar-refractivity contribution < 1.29 is 0 Å². The number of nitrogens with zero attached hydrogens (tertiary/aromatic N) is 1. The number of hydrogen-bond donors (Lipinski definition) is 1. The van der Waals surface area contributed by atoms with E-state index in [4.69, 9.17) is 16.9 Å². The number of anilines is 1. The number of rotatable bonds is 2. The summed E-state index contributed by atoms with van der Waals surface area (Å²) in [5.41, 5.74) is 1.42. The van der Waals surface area contributed by atoms with Crippen LogP contribution in [0.4, 0.5) is 5.69 Å². The van der Waals surface area contributed by atoms with Crippen LogP contribution in [0.5, 0.6) is 0 Å². The quantitative estimate of drug-likeness (QED) is 0.829. The van der Waals surface area contributed by atoms with Crippen LogP contribution in [0.2, 0.25) is 5.02 Å². The molecule has 0 bridgehead atoms. The number of benzene rings is 1. The highest BCUT2D eigenvalue weighted by Crippen LogP contribution is 2.31. The Morgan fingerprint density at radius 2 is 2.20 bits per heavy atom. The van der Waals surface area contributed by atoms with Gasteiger partial charge in [-0.3, -0.25) is 0 Å². The lowest BCUT2D eigenvalue weighted by molar-refractivity contribution is 0.309. The van der Waals surface area contributed by atoms with Crippen LogP contribution in [0.15, 0.2) is 18.2 Å². The molecule has 0 atom stereocenters. The van der Waals surface area contributed by atoms with Crippen LogP contribution in [-0.4, -0.2) is 6.04 Å². The smallest absolute Gasteiger partial charge is 0.103 e. The maximum atomic E-state index is 8.98. The molecule has 0 unspecified atom stereocenters. The number of nitriles is 1. The molecular weight excluding hydrogens is 208 g/mol. The average molecular weight is 221 g/mol. The van der Waals surface area contributed by atoms with E-state index in [0.717, 1.165) is 11.6 Å². The van der Waals surface area contributed by atoms with E-state index in [1.165, 1.54) is 12.8 Å². The third kappa shape index (κ3) is 2.08. The Kier molecular flexibility index (Phi) is 2.83. The predicted molar refractivity (Wildman–Crippen MR) is 62.0 cm³/mol. The van der Waals surface area contributed by atoms with Crippen LogP contribution >= 0.6 is 11.6 Å². The van der Waals surface area contributed by atoms with Crippen LogP contribution in [0.3, 0.4) is 0 Å². The average Bonchev–Trinajstić information content (AvgIpc) is 2.16. The fourth-order valence-corrected chi connectivity index (χ4v) is 2.21. The van der Waals surface area contributed by atoms with Gasteiger partial charge in [0.1, 0.15) is 6.07 Å². The van der Waals surface area contributed by atoms with Gasteiger partial charge in [-0.25, -0.2) is 0 Å². The van der Waals surface area contributed by atoms with Gasteiger partial charge in [-0.2, -0.15) is 5.26 Å². The summed E-state index contributed by atoms with van der Waals surface area (Å²) in [5, 5.41) is 12.9. The minimum absolute atomic E-state index is 0.505. The molecule has 1 aliphatic rings. The number of halogens is 1. The summed E-state index contributed by atoms with van der Waals surface area (Å²) in [6.07, 6.45) is 2.36. The monoisotopic (exact) mass is 220 g/mol. The SMILES string of the molecule is CC1CC(Nc2cccc(Cl)c2C#N)C1. The molecule has 0 spiro atoms. The molecular formula is C12H13ClN2. The Morgan fingerprint density at radius 1 is 1.47 bits per heavy atom. The van der Waals surface area contributed by atoms with Gasteiger partial charge in [0.15, 0.2) is 0 Å². The highest BCUT2D eigenvalue weighted by atomic mass is 35.5. The molecule has 1 fully saturated rings. The maximum Gasteiger partial charge on any atom is 0.103 e. The molecule has 0 aliphatic heterocycles. The summed E-state index contributed by atoms with van der Waals surface area (Å²) in [4.78, 5) is 0. The summed E-state index contributed by atoms with van der Waals surface area (Å²) in [6, 6.07) is 8.16. The van der Waals surface area contributed by atoms with E-state index in [1.54, 1.807) is 6.07 Å². The Balaban J connectivity index is 2.15. The molecule has 15 heavy (non-hydrogen) atoms. The van der Waals surface area contributed by atoms with Crippen molar-refractivity contribution in [2.24, 2.45) is 5.92 Å². The molecule has 1 saturated carbocycles. The first-order chi connectivity index (χ1) is 7.20. The summed E-state index contributed by atoms with van der Waals surface area (Å²) in [7, 11) is 0. The maximum absolute atomic E-state index is 8.98. The van der Waals surface area contributed by atoms with Crippen molar-refractivity contribution in [3.63, 3.8) is 0 Å². The van der Waals surface area contributed by atoms with Crippen LogP contribution < -0.4 is 5.32 Å². The molecule has 0 heterocycles. The minimum Gasteiger partial charge on any atom is -0.381 e. The van der Waals surface area contributed by atoms with E-state index in [0.29, 0.717) is 16.6 Å². The van der Waals surface area contributed by atoms with Crippen molar-refractivity contribution in [2.75, 3.05) is 5.32 Å². The minimum atomic E-state index is 0.505. The summed E-state index contributed by atoms with van der Waals surface area (Å²) >= 11 is 5.94. The normalized spacial score (nSPS) is 24.1. The topological polar surface area (TPSA) is 35.8 Å². The molecule has 2 nitrogen and oxygen atoms in total. The fraction of sp³-hybridized carbons (Fsp3) is 0.417. The van der Waals surface area contributed by atoms with Gasteiger partial charge in [0.25, 0.3) is 0 Å². The zero-order valence-electron chi connectivity index (χ0n) is 8.63. The fourth-order valence-electron chi connectivity index (χ4n) is 2.00. The largest absolute Gasteiger partial charge is 0.381 e. The third-order valence-electron chi connectivity index (χ3n) is 2.86. The third-order valence-corrected chi connectivity index (χ3v) is 3.17. The molecule has 0 saturated heterocycles. The second kappa shape index (κ2) is 4.12. The van der Waals surface area contributed by atoms with Crippen molar-refractivity contribution in [1.29, 1.82) is 5.26 Å². The molecule has 0 amide bonds. The first kappa shape index (κ1) is 10.3. The molecule has 78 valence electrons. The first-order valence-corrected chi connectivity index (χ1v) is 5.53. The van der Waals surface area contributed by atoms with E-state index < -0.39 is 0 Å². The Labute approximate surface area is 94.9 Å². The van der Waals surface area contributed by atoms with E-state index in [2.05, 4.69) is 18.3 Å². The van der Waals surface area contributed by atoms with Crippen LogP contribution in [0.1, 0.15) is 25.3 Å². The number of nitrogens with one attached hydrogen (secondary N) is 1. The highest BCUT2D eigenvalue weighted by Gasteiger charge is 2.25. The standard InChI is InChI=1S/C12H13ClN2/c1-8-5-9(6-8)15-12-4-2-3-11(13)10(12)7-14/h2-4,8-9,15H,5-6H2,1H3. The summed E-state index contributed by atoms with van der Waals surface area (Å²) < 4.78 is 0. The van der Waals surface area contributed by atoms with E-state index in [-0.39, 0.29) is 0 Å². The van der Waals surface area contributed by atoms with Crippen LogP contribution in [0.25, 0.3) is 0 Å². The van der Waals surface area contributed by atoms with Crippen molar-refractivity contribution in [1.82, 2.24) is 0 Å². The molecule has 0 aromatic heterocycles. The molecule has 1 aromatic carbocycles. The van der Waals surface area contributed by atoms with Crippen molar-refractivity contribution in [3.05, 3.63) is 28.8 Å². The molecule has 1 N–H and O–H groups in total. The lowest BCUT2D eigenvalue weighted by atomic mass is 9.81. The van der Waals surface area contributed by atoms with Gasteiger partial charge in [0.2, 0.25) is 0 Å². The molecule has 2 rings (SSSR count). The van der Waals surface area contributed by atoms with Crippen LogP contribution in [-0.2, 0) is 0 Å². The first-order valence-electron chi connectivity index (χ1n) is 5.16. The van der Waals surface area contributed by atoms with Gasteiger partial charge in [-0.1, -0.05) is 24.6 Å². The van der Waals surface area contributed by atoms with Gasteiger partial charge in [0, 0.05) is 6.04 Å². The second-order valence-electron chi connectivity index (χ2n) is 4.19. The van der Waals surface area contributed by atoms with Gasteiger partial charge in [0.05, 0.1) is 16.3 Å². The van der Waals surface area contributed by atoms with Gasteiger partial charge in [-0.15, -0.1) is 0 Å². The molecule has 1 aliphatic carbocycles. The molecule has 0 radical (unpaired) electrons. The number of hydrogen-bond acceptors (Lipinski definition) is 2. The second-order valence-corrected chi connectivity index (χ2v) is 4.60. The van der Waals surface area contributed by atoms with Gasteiger partial charge < -0.3 is 5.32 Å². The van der Waals surface area contributed by atoms with E-state index in [9.17, 15) is 0 Å². The molecule has 1 aromatic rings. The Hall–Kier alpha value is -1.20. The predicted octanol–water partition coefficient (Wildman–Crippen LogP) is 3.42. The molecule has 3 heteroatoms. The lowest BCUT2D eigenvalue weighted by Gasteiger charge is -2.34. The summed E-state index contributed by atoms with van der Waals surface area (Å²) in [6.45, 7) is 2.24. The zero-order chi connectivity index (χ0) is 10.8. The summed E-state index contributed by atoms with van der Waals surface area (Å²) in [5.74, 6) is 0.798. The van der Waals surface area contributed by atoms with E-state index in [1.807, 2.05) is 12.1 Å².